The molecule has 3 heteroatoms. The molecule has 1 saturated carbocycles. The predicted molar refractivity (Wildman–Crippen MR) is 82.0 cm³/mol. The minimum absolute atomic E-state index is 0.418. The Labute approximate surface area is 117 Å². The predicted octanol–water partition coefficient (Wildman–Crippen LogP) is 2.82. The molecule has 0 spiro atoms. The van der Waals surface area contributed by atoms with Gasteiger partial charge in [-0.1, -0.05) is 13.8 Å². The van der Waals surface area contributed by atoms with Gasteiger partial charge in [0.05, 0.1) is 0 Å². The van der Waals surface area contributed by atoms with Crippen molar-refractivity contribution < 1.29 is 0 Å². The number of hydrogen-bond acceptors (Lipinski definition) is 3. The van der Waals surface area contributed by atoms with Gasteiger partial charge in [0, 0.05) is 36.2 Å². The van der Waals surface area contributed by atoms with Crippen LogP contribution in [0.1, 0.15) is 40.5 Å². The van der Waals surface area contributed by atoms with E-state index in [1.54, 1.807) is 0 Å². The average molecular weight is 270 g/mol. The van der Waals surface area contributed by atoms with Gasteiger partial charge in [0.2, 0.25) is 0 Å². The molecule has 18 heavy (non-hydrogen) atoms. The van der Waals surface area contributed by atoms with Gasteiger partial charge >= 0.3 is 0 Å². The van der Waals surface area contributed by atoms with Crippen molar-refractivity contribution in [2.75, 3.05) is 25.4 Å². The fourth-order valence-corrected chi connectivity index (χ4v) is 5.03. The van der Waals surface area contributed by atoms with Gasteiger partial charge in [-0.15, -0.1) is 0 Å². The Kier molecular flexibility index (Phi) is 4.66. The van der Waals surface area contributed by atoms with Crippen molar-refractivity contribution in [2.24, 2.45) is 23.5 Å². The number of nitrogens with zero attached hydrogens (tertiary/aromatic N) is 1. The Morgan fingerprint density at radius 3 is 2.61 bits per heavy atom. The largest absolute Gasteiger partial charge is 0.327 e. The monoisotopic (exact) mass is 270 g/mol. The van der Waals surface area contributed by atoms with Crippen molar-refractivity contribution in [2.45, 2.75) is 51.3 Å². The van der Waals surface area contributed by atoms with Crippen molar-refractivity contribution in [3.8, 4) is 0 Å². The second-order valence-corrected chi connectivity index (χ2v) is 9.03. The minimum atomic E-state index is 0.418. The summed E-state index contributed by atoms with van der Waals surface area (Å²) in [7, 11) is 0. The summed E-state index contributed by atoms with van der Waals surface area (Å²) in [5.74, 6) is 3.60. The summed E-state index contributed by atoms with van der Waals surface area (Å²) < 4.78 is 0.424. The molecular weight excluding hydrogens is 240 g/mol. The van der Waals surface area contributed by atoms with E-state index in [1.165, 1.54) is 38.2 Å². The second kappa shape index (κ2) is 5.72. The van der Waals surface area contributed by atoms with Crippen LogP contribution in [0.4, 0.5) is 0 Å². The van der Waals surface area contributed by atoms with Crippen LogP contribution in [-0.4, -0.2) is 41.1 Å². The molecule has 4 unspecified atom stereocenters. The highest BCUT2D eigenvalue weighted by molar-refractivity contribution is 8.00. The molecule has 0 aromatic carbocycles. The van der Waals surface area contributed by atoms with E-state index >= 15 is 0 Å². The van der Waals surface area contributed by atoms with Gasteiger partial charge in [0.15, 0.2) is 0 Å². The molecule has 0 bridgehead atoms. The number of nitrogens with two attached hydrogens (primary N) is 1. The van der Waals surface area contributed by atoms with Gasteiger partial charge in [0.1, 0.15) is 0 Å². The van der Waals surface area contributed by atoms with Crippen LogP contribution in [0.5, 0.6) is 0 Å². The maximum atomic E-state index is 6.41. The van der Waals surface area contributed by atoms with Crippen molar-refractivity contribution >= 4 is 11.8 Å². The zero-order valence-electron chi connectivity index (χ0n) is 12.5. The lowest BCUT2D eigenvalue weighted by molar-refractivity contribution is 0.115. The number of hydrogen-bond donors (Lipinski definition) is 1. The first-order valence-electron chi connectivity index (χ1n) is 7.49. The fourth-order valence-electron chi connectivity index (χ4n) is 3.85. The Hall–Kier alpha value is 0.270. The maximum absolute atomic E-state index is 6.41. The third-order valence-electron chi connectivity index (χ3n) is 4.70. The first-order valence-corrected chi connectivity index (χ1v) is 8.48. The van der Waals surface area contributed by atoms with Crippen molar-refractivity contribution in [1.29, 1.82) is 0 Å². The van der Waals surface area contributed by atoms with Crippen LogP contribution in [0.25, 0.3) is 0 Å². The lowest BCUT2D eigenvalue weighted by Crippen LogP contribution is -2.51. The van der Waals surface area contributed by atoms with E-state index in [0.29, 0.717) is 16.7 Å². The van der Waals surface area contributed by atoms with Crippen LogP contribution in [0.15, 0.2) is 0 Å². The summed E-state index contributed by atoms with van der Waals surface area (Å²) in [5, 5.41) is 0. The topological polar surface area (TPSA) is 29.3 Å². The molecule has 106 valence electrons. The molecule has 0 aromatic rings. The summed E-state index contributed by atoms with van der Waals surface area (Å²) >= 11 is 2.12. The third-order valence-corrected chi connectivity index (χ3v) is 6.00. The minimum Gasteiger partial charge on any atom is -0.327 e. The van der Waals surface area contributed by atoms with E-state index in [1.807, 2.05) is 0 Å². The van der Waals surface area contributed by atoms with Crippen LogP contribution >= 0.6 is 11.8 Å². The van der Waals surface area contributed by atoms with Gasteiger partial charge in [-0.3, -0.25) is 0 Å². The third kappa shape index (κ3) is 3.64. The summed E-state index contributed by atoms with van der Waals surface area (Å²) in [4.78, 5) is 2.66. The van der Waals surface area contributed by atoms with Crippen LogP contribution < -0.4 is 5.73 Å². The molecule has 0 amide bonds. The zero-order valence-corrected chi connectivity index (χ0v) is 13.3. The molecular formula is C15H30N2S. The van der Waals surface area contributed by atoms with Gasteiger partial charge in [-0.2, -0.15) is 11.8 Å². The van der Waals surface area contributed by atoms with Gasteiger partial charge in [-0.25, -0.2) is 0 Å². The van der Waals surface area contributed by atoms with E-state index in [-0.39, 0.29) is 0 Å². The lowest BCUT2D eigenvalue weighted by atomic mass is 9.72. The van der Waals surface area contributed by atoms with E-state index in [0.717, 1.165) is 11.8 Å². The average Bonchev–Trinajstić information content (AvgIpc) is 2.22. The molecule has 1 heterocycles. The molecule has 2 N–H and O–H groups in total. The van der Waals surface area contributed by atoms with Crippen LogP contribution in [0.3, 0.4) is 0 Å². The van der Waals surface area contributed by atoms with Crippen molar-refractivity contribution in [1.82, 2.24) is 4.90 Å². The first kappa shape index (κ1) is 14.7. The molecule has 1 aliphatic carbocycles. The summed E-state index contributed by atoms with van der Waals surface area (Å²) in [6, 6.07) is 0.418. The highest BCUT2D eigenvalue weighted by Gasteiger charge is 2.35. The summed E-state index contributed by atoms with van der Waals surface area (Å²) in [5.41, 5.74) is 6.41. The van der Waals surface area contributed by atoms with Crippen molar-refractivity contribution in [3.63, 3.8) is 0 Å². The summed E-state index contributed by atoms with van der Waals surface area (Å²) in [6.07, 6.45) is 2.59. The lowest BCUT2D eigenvalue weighted by Gasteiger charge is -2.44. The molecule has 2 rings (SSSR count). The Morgan fingerprint density at radius 1 is 1.28 bits per heavy atom. The van der Waals surface area contributed by atoms with E-state index in [9.17, 15) is 0 Å². The quantitative estimate of drug-likeness (QED) is 0.836. The maximum Gasteiger partial charge on any atom is 0.0231 e. The highest BCUT2D eigenvalue weighted by Crippen LogP contribution is 2.35. The number of thioether (sulfide) groups is 1. The standard InChI is InChI=1S/C15H30N2S/c1-11-7-12(2)13(14(16)8-11)9-17-5-6-18-15(3,4)10-17/h11-14H,5-10,16H2,1-4H3. The van der Waals surface area contributed by atoms with E-state index < -0.39 is 0 Å². The Balaban J connectivity index is 1.92. The van der Waals surface area contributed by atoms with E-state index in [2.05, 4.69) is 44.4 Å². The number of rotatable bonds is 2. The highest BCUT2D eigenvalue weighted by atomic mass is 32.2. The molecule has 2 nitrogen and oxygen atoms in total. The Bertz CT molecular complexity index is 268. The molecule has 4 atom stereocenters. The van der Waals surface area contributed by atoms with Gasteiger partial charge in [-0.05, 0) is 44.4 Å². The van der Waals surface area contributed by atoms with Crippen LogP contribution in [-0.2, 0) is 0 Å². The van der Waals surface area contributed by atoms with Crippen molar-refractivity contribution in [3.05, 3.63) is 0 Å². The normalized spacial score (nSPS) is 41.8. The molecule has 0 radical (unpaired) electrons. The second-order valence-electron chi connectivity index (χ2n) is 7.22. The van der Waals surface area contributed by atoms with Crippen LogP contribution in [0.2, 0.25) is 0 Å². The molecule has 2 aliphatic rings. The fraction of sp³-hybridized carbons (Fsp3) is 1.00. The van der Waals surface area contributed by atoms with E-state index in [4.69, 9.17) is 5.73 Å². The molecule has 2 fully saturated rings. The summed E-state index contributed by atoms with van der Waals surface area (Å²) in [6.45, 7) is 13.2. The SMILES string of the molecule is CC1CC(C)C(CN2CCSC(C)(C)C2)C(N)C1. The molecule has 0 aromatic heterocycles. The van der Waals surface area contributed by atoms with Gasteiger partial charge < -0.3 is 10.6 Å². The Morgan fingerprint density at radius 2 is 2.00 bits per heavy atom. The zero-order chi connectivity index (χ0) is 13.3. The van der Waals surface area contributed by atoms with Gasteiger partial charge in [0.25, 0.3) is 0 Å². The smallest absolute Gasteiger partial charge is 0.0231 e. The van der Waals surface area contributed by atoms with Crippen LogP contribution in [0, 0.1) is 17.8 Å². The molecule has 1 aliphatic heterocycles. The first-order chi connectivity index (χ1) is 8.37. The molecule has 1 saturated heterocycles.